The van der Waals surface area contributed by atoms with Gasteiger partial charge >= 0.3 is 0 Å². The molecule has 1 unspecified atom stereocenters. The number of hydrogen-bond acceptors (Lipinski definition) is 4. The molecule has 0 bridgehead atoms. The van der Waals surface area contributed by atoms with Crippen LogP contribution in [0.5, 0.6) is 0 Å². The van der Waals surface area contributed by atoms with Crippen LogP contribution in [0.25, 0.3) is 4.85 Å². The summed E-state index contributed by atoms with van der Waals surface area (Å²) >= 11 is 6.18. The van der Waals surface area contributed by atoms with Gasteiger partial charge in [-0.25, -0.2) is 9.24 Å². The molecule has 1 aliphatic rings. The van der Waals surface area contributed by atoms with Crippen LogP contribution >= 0.6 is 11.6 Å². The Kier molecular flexibility index (Phi) is 9.62. The second kappa shape index (κ2) is 13.1. The van der Waals surface area contributed by atoms with Crippen molar-refractivity contribution in [2.24, 2.45) is 0 Å². The summed E-state index contributed by atoms with van der Waals surface area (Å²) in [5, 5.41) is 15.4. The van der Waals surface area contributed by atoms with Crippen LogP contribution in [-0.2, 0) is 6.54 Å². The highest BCUT2D eigenvalue weighted by Crippen LogP contribution is 2.30. The molecule has 40 heavy (non-hydrogen) atoms. The first-order chi connectivity index (χ1) is 19.2. The van der Waals surface area contributed by atoms with E-state index < -0.39 is 0 Å². The number of aromatic nitrogens is 1. The van der Waals surface area contributed by atoms with E-state index in [9.17, 15) is 14.4 Å². The lowest BCUT2D eigenvalue weighted by atomic mass is 9.99. The minimum Gasteiger partial charge on any atom is -0.618 e. The molecule has 3 aromatic rings. The fourth-order valence-corrected chi connectivity index (χ4v) is 5.61. The molecular formula is C31H35ClFN5O2. The molecule has 0 radical (unpaired) electrons. The highest BCUT2D eigenvalue weighted by atomic mass is 35.5. The van der Waals surface area contributed by atoms with Crippen molar-refractivity contribution >= 4 is 28.9 Å². The molecule has 2 heterocycles. The number of anilines is 1. The molecule has 1 atom stereocenters. The summed E-state index contributed by atoms with van der Waals surface area (Å²) in [5.41, 5.74) is 3.68. The van der Waals surface area contributed by atoms with Crippen molar-refractivity contribution in [3.05, 3.63) is 105 Å². The lowest BCUT2D eigenvalue weighted by molar-refractivity contribution is -0.612. The minimum absolute atomic E-state index is 0.197. The van der Waals surface area contributed by atoms with Crippen molar-refractivity contribution in [3.63, 3.8) is 0 Å². The van der Waals surface area contributed by atoms with E-state index >= 15 is 0 Å². The number of hydrogen-bond donors (Lipinski definition) is 1. The van der Waals surface area contributed by atoms with Gasteiger partial charge in [-0.3, -0.25) is 4.79 Å². The number of halogens is 2. The topological polar surface area (TPSA) is 66.9 Å². The molecule has 2 aromatic carbocycles. The lowest BCUT2D eigenvalue weighted by Gasteiger charge is -2.42. The number of pyridine rings is 1. The Morgan fingerprint density at radius 3 is 2.60 bits per heavy atom. The van der Waals surface area contributed by atoms with Crippen LogP contribution in [0, 0.1) is 31.4 Å². The molecule has 1 saturated heterocycles. The number of piperidine rings is 1. The molecule has 7 nitrogen and oxygen atoms in total. The highest BCUT2D eigenvalue weighted by molar-refractivity contribution is 6.30. The SMILES string of the molecule is [C-]#[N+]c1ccc(N(Cc2cc(Cl)ccc2F)C2CCN(C(C)CCNC(=O)c3c(C)cc[n+]([O-])c3C)CC2)cc1. The number of nitrogens with zero attached hydrogens (tertiary/aromatic N) is 4. The molecule has 0 aliphatic carbocycles. The maximum Gasteiger partial charge on any atom is 0.257 e. The van der Waals surface area contributed by atoms with E-state index in [1.54, 1.807) is 37.3 Å². The molecule has 9 heteroatoms. The van der Waals surface area contributed by atoms with Crippen LogP contribution in [0.1, 0.15) is 53.4 Å². The van der Waals surface area contributed by atoms with Gasteiger partial charge in [-0.2, -0.15) is 4.73 Å². The van der Waals surface area contributed by atoms with E-state index in [0.29, 0.717) is 40.6 Å². The van der Waals surface area contributed by atoms with E-state index in [0.717, 1.165) is 48.3 Å². The maximum atomic E-state index is 14.7. The van der Waals surface area contributed by atoms with Gasteiger partial charge in [0.1, 0.15) is 11.4 Å². The normalized spacial score (nSPS) is 14.9. The Balaban J connectivity index is 1.37. The van der Waals surface area contributed by atoms with Gasteiger partial charge < -0.3 is 20.3 Å². The maximum absolute atomic E-state index is 14.7. The van der Waals surface area contributed by atoms with Crippen molar-refractivity contribution in [2.75, 3.05) is 24.5 Å². The minimum atomic E-state index is -0.286. The Hall–Kier alpha value is -3.67. The Labute approximate surface area is 240 Å². The van der Waals surface area contributed by atoms with Gasteiger partial charge in [0.15, 0.2) is 11.9 Å². The fourth-order valence-electron chi connectivity index (χ4n) is 5.42. The monoisotopic (exact) mass is 563 g/mol. The third-order valence-corrected chi connectivity index (χ3v) is 8.08. The predicted molar refractivity (Wildman–Crippen MR) is 156 cm³/mol. The average Bonchev–Trinajstić information content (AvgIpc) is 2.96. The number of nitrogens with one attached hydrogen (secondary N) is 1. The van der Waals surface area contributed by atoms with Crippen molar-refractivity contribution in [3.8, 4) is 0 Å². The summed E-state index contributed by atoms with van der Waals surface area (Å²) in [6.45, 7) is 15.6. The van der Waals surface area contributed by atoms with Gasteiger partial charge in [0.2, 0.25) is 5.69 Å². The molecule has 0 spiro atoms. The Morgan fingerprint density at radius 2 is 1.93 bits per heavy atom. The standard InChI is InChI=1S/C31H35ClFN5O2/c1-21-12-18-38(40)23(3)30(21)31(39)35-15-11-22(2)36-16-13-28(14-17-36)37(27-8-6-26(34-4)7-9-27)20-24-19-25(32)5-10-29(24)33/h5-10,12,18-19,22,28H,11,13-17,20H2,1-3H3,(H,35,39). The molecule has 1 N–H and O–H groups in total. The number of aryl methyl sites for hydroxylation is 1. The van der Waals surface area contributed by atoms with Crippen LogP contribution in [0.2, 0.25) is 5.02 Å². The molecule has 210 valence electrons. The first-order valence-corrected chi connectivity index (χ1v) is 14.0. The van der Waals surface area contributed by atoms with Crippen LogP contribution in [0.4, 0.5) is 15.8 Å². The third kappa shape index (κ3) is 6.90. The van der Waals surface area contributed by atoms with Gasteiger partial charge in [0.05, 0.1) is 6.57 Å². The van der Waals surface area contributed by atoms with Gasteiger partial charge in [-0.15, -0.1) is 0 Å². The second-order valence-electron chi connectivity index (χ2n) is 10.4. The van der Waals surface area contributed by atoms with Crippen molar-refractivity contribution in [2.45, 2.75) is 58.7 Å². The molecule has 0 saturated carbocycles. The van der Waals surface area contributed by atoms with E-state index in [4.69, 9.17) is 18.2 Å². The Morgan fingerprint density at radius 1 is 1.23 bits per heavy atom. The quantitative estimate of drug-likeness (QED) is 0.198. The smallest absolute Gasteiger partial charge is 0.257 e. The van der Waals surface area contributed by atoms with Gasteiger partial charge in [-0.05, 0) is 69.0 Å². The van der Waals surface area contributed by atoms with Crippen molar-refractivity contribution < 1.29 is 13.9 Å². The molecule has 1 aromatic heterocycles. The molecule has 1 aliphatic heterocycles. The third-order valence-electron chi connectivity index (χ3n) is 7.84. The summed E-state index contributed by atoms with van der Waals surface area (Å²) in [6, 6.07) is 14.2. The average molecular weight is 564 g/mol. The summed E-state index contributed by atoms with van der Waals surface area (Å²) < 4.78 is 15.4. The van der Waals surface area contributed by atoms with Crippen molar-refractivity contribution in [1.29, 1.82) is 0 Å². The number of rotatable bonds is 9. The first-order valence-electron chi connectivity index (χ1n) is 13.6. The predicted octanol–water partition coefficient (Wildman–Crippen LogP) is 5.96. The van der Waals surface area contributed by atoms with Gasteiger partial charge in [0, 0.05) is 67.5 Å². The zero-order valence-corrected chi connectivity index (χ0v) is 23.9. The summed E-state index contributed by atoms with van der Waals surface area (Å²) in [6.07, 6.45) is 4.00. The first kappa shape index (κ1) is 29.3. The number of carbonyl (C=O) groups excluding carboxylic acids is 1. The summed E-state index contributed by atoms with van der Waals surface area (Å²) in [5.74, 6) is -0.509. The number of amides is 1. The Bertz CT molecular complexity index is 1380. The molecule has 4 rings (SSSR count). The van der Waals surface area contributed by atoms with Crippen LogP contribution in [0.3, 0.4) is 0 Å². The molecule has 1 fully saturated rings. The number of benzene rings is 2. The van der Waals surface area contributed by atoms with Crippen LogP contribution in [-0.4, -0.2) is 42.5 Å². The highest BCUT2D eigenvalue weighted by Gasteiger charge is 2.28. The van der Waals surface area contributed by atoms with Crippen LogP contribution in [0.15, 0.2) is 54.7 Å². The van der Waals surface area contributed by atoms with E-state index in [2.05, 4.69) is 26.9 Å². The van der Waals surface area contributed by atoms with Gasteiger partial charge in [-0.1, -0.05) is 23.7 Å². The van der Waals surface area contributed by atoms with Crippen LogP contribution < -0.4 is 14.9 Å². The zero-order chi connectivity index (χ0) is 28.8. The lowest BCUT2D eigenvalue weighted by Crippen LogP contribution is -2.48. The fraction of sp³-hybridized carbons (Fsp3) is 0.387. The van der Waals surface area contributed by atoms with Gasteiger partial charge in [0.25, 0.3) is 5.91 Å². The number of carbonyl (C=O) groups is 1. The second-order valence-corrected chi connectivity index (χ2v) is 10.9. The molecular weight excluding hydrogens is 529 g/mol. The number of likely N-dealkylation sites (tertiary alicyclic amines) is 1. The summed E-state index contributed by atoms with van der Waals surface area (Å²) in [7, 11) is 0. The molecule has 1 amide bonds. The van der Waals surface area contributed by atoms with E-state index in [1.807, 2.05) is 19.1 Å². The van der Waals surface area contributed by atoms with E-state index in [1.165, 1.54) is 12.3 Å². The largest absolute Gasteiger partial charge is 0.618 e. The van der Waals surface area contributed by atoms with Crippen molar-refractivity contribution in [1.82, 2.24) is 10.2 Å². The zero-order valence-electron chi connectivity index (χ0n) is 23.2. The van der Waals surface area contributed by atoms with E-state index in [-0.39, 0.29) is 23.8 Å². The summed E-state index contributed by atoms with van der Waals surface area (Å²) in [4.78, 5) is 20.9.